The first-order valence-electron chi connectivity index (χ1n) is 15.0. The highest BCUT2D eigenvalue weighted by Crippen LogP contribution is 2.42. The van der Waals surface area contributed by atoms with Crippen molar-refractivity contribution in [1.82, 2.24) is 24.1 Å². The van der Waals surface area contributed by atoms with Gasteiger partial charge in [-0.05, 0) is 74.1 Å². The van der Waals surface area contributed by atoms with Gasteiger partial charge in [-0.25, -0.2) is 22.7 Å². The zero-order valence-corrected chi connectivity index (χ0v) is 25.7. The molecule has 13 heteroatoms. The van der Waals surface area contributed by atoms with Crippen LogP contribution in [0.2, 0.25) is 0 Å². The SMILES string of the molecule is Cc1c(C(=O)N2CCC(N3CC4CC(N(C)S(C)(=O)=O)CC4C3)CC2)ncnc1N1CCc2ccc(C(F)(F)F)cc2C1. The van der Waals surface area contributed by atoms with Gasteiger partial charge in [-0.15, -0.1) is 0 Å². The Morgan fingerprint density at radius 1 is 1.02 bits per heavy atom. The van der Waals surface area contributed by atoms with E-state index in [0.717, 1.165) is 50.4 Å². The van der Waals surface area contributed by atoms with Gasteiger partial charge in [-0.1, -0.05) is 6.07 Å². The molecule has 3 aliphatic heterocycles. The van der Waals surface area contributed by atoms with Crippen molar-refractivity contribution in [2.75, 3.05) is 50.9 Å². The summed E-state index contributed by atoms with van der Waals surface area (Å²) in [5.74, 6) is 1.47. The number of fused-ring (bicyclic) bond motifs is 2. The van der Waals surface area contributed by atoms with Gasteiger partial charge < -0.3 is 9.80 Å². The minimum atomic E-state index is -4.40. The zero-order chi connectivity index (χ0) is 30.7. The Hall–Kier alpha value is -2.77. The van der Waals surface area contributed by atoms with Crippen LogP contribution in [0.15, 0.2) is 24.5 Å². The number of anilines is 1. The zero-order valence-electron chi connectivity index (χ0n) is 24.8. The Kier molecular flexibility index (Phi) is 7.95. The minimum absolute atomic E-state index is 0.0876. The topological polar surface area (TPSA) is 90.0 Å². The molecule has 1 saturated carbocycles. The summed E-state index contributed by atoms with van der Waals surface area (Å²) >= 11 is 0. The van der Waals surface area contributed by atoms with Crippen LogP contribution >= 0.6 is 0 Å². The lowest BCUT2D eigenvalue weighted by atomic mass is 9.96. The summed E-state index contributed by atoms with van der Waals surface area (Å²) in [7, 11) is -1.50. The Bertz CT molecular complexity index is 1480. The largest absolute Gasteiger partial charge is 0.416 e. The van der Waals surface area contributed by atoms with E-state index in [1.807, 2.05) is 16.7 Å². The van der Waals surface area contributed by atoms with Crippen LogP contribution in [0.5, 0.6) is 0 Å². The molecule has 4 heterocycles. The number of amides is 1. The maximum atomic E-state index is 13.6. The monoisotopic (exact) mass is 620 g/mol. The van der Waals surface area contributed by atoms with Gasteiger partial charge in [0, 0.05) is 64.0 Å². The van der Waals surface area contributed by atoms with Crippen LogP contribution < -0.4 is 4.90 Å². The molecule has 3 fully saturated rings. The predicted molar refractivity (Wildman–Crippen MR) is 156 cm³/mol. The van der Waals surface area contributed by atoms with Crippen molar-refractivity contribution in [2.24, 2.45) is 11.8 Å². The van der Waals surface area contributed by atoms with Gasteiger partial charge in [0.25, 0.3) is 5.91 Å². The third-order valence-corrected chi connectivity index (χ3v) is 11.5. The first-order valence-corrected chi connectivity index (χ1v) is 16.9. The third kappa shape index (κ3) is 6.00. The van der Waals surface area contributed by atoms with E-state index in [2.05, 4.69) is 14.9 Å². The van der Waals surface area contributed by atoms with Gasteiger partial charge in [0.15, 0.2) is 0 Å². The number of rotatable bonds is 5. The number of alkyl halides is 3. The fourth-order valence-corrected chi connectivity index (χ4v) is 8.36. The molecular formula is C30H39F3N6O3S. The van der Waals surface area contributed by atoms with E-state index in [0.29, 0.717) is 73.1 Å². The summed E-state index contributed by atoms with van der Waals surface area (Å²) in [4.78, 5) is 28.7. The normalized spacial score (nSPS) is 25.3. The van der Waals surface area contributed by atoms with Gasteiger partial charge in [0.1, 0.15) is 17.8 Å². The van der Waals surface area contributed by atoms with Gasteiger partial charge in [0.2, 0.25) is 10.0 Å². The standard InChI is InChI=1S/C30H39F3N6O3S/c1-19-27(34-18-35-28(19)38-9-6-20-4-5-24(30(31,32)33)12-21(20)15-38)29(40)37-10-7-25(8-11-37)39-16-22-13-26(14-23(22)17-39)36(2)43(3,41)42/h4-5,12,18,22-23,25-26H,6-11,13-17H2,1-3H3. The molecule has 0 radical (unpaired) electrons. The van der Waals surface area contributed by atoms with E-state index in [1.54, 1.807) is 13.1 Å². The molecule has 6 rings (SSSR count). The highest BCUT2D eigenvalue weighted by Gasteiger charge is 2.45. The molecule has 1 aliphatic carbocycles. The number of nitrogens with zero attached hydrogens (tertiary/aromatic N) is 6. The number of hydrogen-bond acceptors (Lipinski definition) is 7. The van der Waals surface area contributed by atoms with E-state index >= 15 is 0 Å². The number of likely N-dealkylation sites (tertiary alicyclic amines) is 2. The molecule has 234 valence electrons. The van der Waals surface area contributed by atoms with Crippen LogP contribution in [0.3, 0.4) is 0 Å². The number of halogens is 3. The second-order valence-corrected chi connectivity index (χ2v) is 14.8. The summed E-state index contributed by atoms with van der Waals surface area (Å²) in [5.41, 5.74) is 1.85. The maximum absolute atomic E-state index is 13.6. The first kappa shape index (κ1) is 30.3. The molecule has 1 aromatic carbocycles. The van der Waals surface area contributed by atoms with E-state index < -0.39 is 21.8 Å². The second-order valence-electron chi connectivity index (χ2n) is 12.7. The van der Waals surface area contributed by atoms with Gasteiger partial charge >= 0.3 is 6.18 Å². The van der Waals surface area contributed by atoms with Crippen LogP contribution in [0, 0.1) is 18.8 Å². The van der Waals surface area contributed by atoms with Crippen LogP contribution in [-0.4, -0.2) is 96.5 Å². The number of carbonyl (C=O) groups excluding carboxylic acids is 1. The summed E-state index contributed by atoms with van der Waals surface area (Å²) in [5, 5.41) is 0. The van der Waals surface area contributed by atoms with Crippen LogP contribution in [-0.2, 0) is 29.2 Å². The summed E-state index contributed by atoms with van der Waals surface area (Å²) < 4.78 is 65.4. The van der Waals surface area contributed by atoms with Crippen LogP contribution in [0.1, 0.15) is 58.4 Å². The summed E-state index contributed by atoms with van der Waals surface area (Å²) in [6.07, 6.45) is 2.41. The van der Waals surface area contributed by atoms with E-state index in [4.69, 9.17) is 0 Å². The lowest BCUT2D eigenvalue weighted by Gasteiger charge is -2.37. The molecule has 0 N–H and O–H groups in total. The van der Waals surface area contributed by atoms with Gasteiger partial charge in [0.05, 0.1) is 11.8 Å². The molecule has 9 nitrogen and oxygen atoms in total. The van der Waals surface area contributed by atoms with Crippen molar-refractivity contribution >= 4 is 21.7 Å². The number of piperidine rings is 1. The number of hydrogen-bond donors (Lipinski definition) is 0. The lowest BCUT2D eigenvalue weighted by molar-refractivity contribution is -0.137. The average Bonchev–Trinajstić information content (AvgIpc) is 3.55. The summed E-state index contributed by atoms with van der Waals surface area (Å²) in [6.45, 7) is 5.92. The highest BCUT2D eigenvalue weighted by atomic mass is 32.2. The molecule has 0 spiro atoms. The van der Waals surface area contributed by atoms with E-state index in [1.165, 1.54) is 23.0 Å². The maximum Gasteiger partial charge on any atom is 0.416 e. The fourth-order valence-electron chi connectivity index (χ4n) is 7.64. The smallest absolute Gasteiger partial charge is 0.352 e. The predicted octanol–water partition coefficient (Wildman–Crippen LogP) is 3.57. The molecule has 2 atom stereocenters. The molecule has 2 unspecified atom stereocenters. The van der Waals surface area contributed by atoms with Crippen LogP contribution in [0.25, 0.3) is 0 Å². The molecular weight excluding hydrogens is 581 g/mol. The molecule has 0 bridgehead atoms. The average molecular weight is 621 g/mol. The minimum Gasteiger partial charge on any atom is -0.352 e. The molecule has 2 aromatic rings. The quantitative estimate of drug-likeness (QED) is 0.505. The summed E-state index contributed by atoms with van der Waals surface area (Å²) in [6, 6.07) is 4.40. The molecule has 4 aliphatic rings. The molecule has 1 amide bonds. The molecule has 1 aromatic heterocycles. The van der Waals surface area contributed by atoms with Gasteiger partial charge in [-0.3, -0.25) is 9.69 Å². The fraction of sp³-hybridized carbons (Fsp3) is 0.633. The Balaban J connectivity index is 1.06. The Morgan fingerprint density at radius 3 is 2.33 bits per heavy atom. The Morgan fingerprint density at radius 2 is 1.70 bits per heavy atom. The molecule has 43 heavy (non-hydrogen) atoms. The second kappa shape index (κ2) is 11.3. The lowest BCUT2D eigenvalue weighted by Crippen LogP contribution is -2.47. The van der Waals surface area contributed by atoms with Crippen molar-refractivity contribution in [3.63, 3.8) is 0 Å². The number of sulfonamides is 1. The molecule has 2 saturated heterocycles. The van der Waals surface area contributed by atoms with Crippen molar-refractivity contribution in [3.8, 4) is 0 Å². The van der Waals surface area contributed by atoms with Crippen molar-refractivity contribution < 1.29 is 26.4 Å². The highest BCUT2D eigenvalue weighted by molar-refractivity contribution is 7.88. The van der Waals surface area contributed by atoms with Crippen molar-refractivity contribution in [1.29, 1.82) is 0 Å². The third-order valence-electron chi connectivity index (χ3n) is 10.2. The Labute approximate surface area is 251 Å². The van der Waals surface area contributed by atoms with Crippen molar-refractivity contribution in [2.45, 2.75) is 63.8 Å². The number of carbonyl (C=O) groups is 1. The van der Waals surface area contributed by atoms with E-state index in [9.17, 15) is 26.4 Å². The number of benzene rings is 1. The van der Waals surface area contributed by atoms with E-state index in [-0.39, 0.29) is 11.9 Å². The van der Waals surface area contributed by atoms with Gasteiger partial charge in [-0.2, -0.15) is 13.2 Å². The van der Waals surface area contributed by atoms with Crippen LogP contribution in [0.4, 0.5) is 19.0 Å². The first-order chi connectivity index (χ1) is 20.3. The van der Waals surface area contributed by atoms with Crippen molar-refractivity contribution in [3.05, 3.63) is 52.5 Å². The number of aromatic nitrogens is 2.